The Morgan fingerprint density at radius 3 is 2.80 bits per heavy atom. The number of halogens is 1. The predicted octanol–water partition coefficient (Wildman–Crippen LogP) is 1.79. The van der Waals surface area contributed by atoms with Gasteiger partial charge in [-0.05, 0) is 19.3 Å². The molecule has 0 radical (unpaired) electrons. The Bertz CT molecular complexity index is 319. The molecule has 1 fully saturated rings. The van der Waals surface area contributed by atoms with Gasteiger partial charge < -0.3 is 14.5 Å². The van der Waals surface area contributed by atoms with Crippen molar-refractivity contribution in [1.29, 1.82) is 0 Å². The summed E-state index contributed by atoms with van der Waals surface area (Å²) in [6.07, 6.45) is 3.37. The number of ether oxygens (including phenoxy) is 1. The summed E-state index contributed by atoms with van der Waals surface area (Å²) < 4.78 is 10.7. The minimum atomic E-state index is -0.0460. The molecule has 1 aromatic heterocycles. The minimum Gasteiger partial charge on any atom is -0.407 e. The summed E-state index contributed by atoms with van der Waals surface area (Å²) >= 11 is 5.55. The van der Waals surface area contributed by atoms with E-state index in [9.17, 15) is 0 Å². The average Bonchev–Trinajstić information content (AvgIpc) is 2.65. The molecule has 1 aliphatic rings. The van der Waals surface area contributed by atoms with E-state index in [1.165, 1.54) is 6.42 Å². The molecule has 0 spiro atoms. The summed E-state index contributed by atoms with van der Waals surface area (Å²) in [6, 6.07) is 0.411. The third kappa shape index (κ3) is 2.23. The molecular formula is C9H14ClN3O2. The Morgan fingerprint density at radius 2 is 2.33 bits per heavy atom. The van der Waals surface area contributed by atoms with E-state index in [1.807, 2.05) is 0 Å². The summed E-state index contributed by atoms with van der Waals surface area (Å²) in [7, 11) is 1.73. The highest BCUT2D eigenvalue weighted by molar-refractivity contribution is 6.16. The molecule has 0 aliphatic heterocycles. The predicted molar refractivity (Wildman–Crippen MR) is 55.9 cm³/mol. The van der Waals surface area contributed by atoms with Gasteiger partial charge in [0, 0.05) is 13.7 Å². The molecule has 15 heavy (non-hydrogen) atoms. The Labute approximate surface area is 93.1 Å². The lowest BCUT2D eigenvalue weighted by atomic mass is 9.80. The molecule has 0 amide bonds. The van der Waals surface area contributed by atoms with Gasteiger partial charge in [0.1, 0.15) is 5.88 Å². The van der Waals surface area contributed by atoms with Crippen LogP contribution in [-0.4, -0.2) is 29.5 Å². The molecular weight excluding hydrogens is 218 g/mol. The molecule has 6 heteroatoms. The molecule has 1 aliphatic carbocycles. The lowest BCUT2D eigenvalue weighted by molar-refractivity contribution is -0.0604. The van der Waals surface area contributed by atoms with Gasteiger partial charge in [-0.25, -0.2) is 0 Å². The van der Waals surface area contributed by atoms with E-state index < -0.39 is 0 Å². The molecule has 84 valence electrons. The van der Waals surface area contributed by atoms with Crippen molar-refractivity contribution < 1.29 is 9.15 Å². The largest absolute Gasteiger partial charge is 0.407 e. The molecule has 0 bridgehead atoms. The summed E-state index contributed by atoms with van der Waals surface area (Å²) in [5.41, 5.74) is -0.0460. The highest BCUT2D eigenvalue weighted by Gasteiger charge is 2.37. The summed E-state index contributed by atoms with van der Waals surface area (Å²) in [5, 5.41) is 10.6. The number of methoxy groups -OCH3 is 1. The molecule has 0 atom stereocenters. The van der Waals surface area contributed by atoms with Crippen LogP contribution >= 0.6 is 11.6 Å². The Balaban J connectivity index is 1.86. The van der Waals surface area contributed by atoms with Crippen LogP contribution in [0, 0.1) is 0 Å². The number of hydrogen-bond acceptors (Lipinski definition) is 5. The van der Waals surface area contributed by atoms with Crippen LogP contribution in [0.3, 0.4) is 0 Å². The van der Waals surface area contributed by atoms with Crippen LogP contribution in [0.25, 0.3) is 0 Å². The zero-order valence-corrected chi connectivity index (χ0v) is 9.38. The van der Waals surface area contributed by atoms with E-state index in [-0.39, 0.29) is 11.5 Å². The maximum absolute atomic E-state index is 5.55. The lowest BCUT2D eigenvalue weighted by Crippen LogP contribution is -2.45. The Kier molecular flexibility index (Phi) is 3.11. The van der Waals surface area contributed by atoms with Crippen molar-refractivity contribution in [1.82, 2.24) is 10.2 Å². The molecule has 0 unspecified atom stereocenters. The molecule has 5 nitrogen and oxygen atoms in total. The van der Waals surface area contributed by atoms with E-state index in [4.69, 9.17) is 20.8 Å². The molecule has 2 rings (SSSR count). The normalized spacial score (nSPS) is 18.5. The molecule has 0 aromatic carbocycles. The van der Waals surface area contributed by atoms with Crippen LogP contribution in [0.15, 0.2) is 4.42 Å². The number of nitrogens with zero attached hydrogens (tertiary/aromatic N) is 2. The van der Waals surface area contributed by atoms with Gasteiger partial charge in [-0.2, -0.15) is 0 Å². The van der Waals surface area contributed by atoms with Crippen molar-refractivity contribution in [3.63, 3.8) is 0 Å². The number of nitrogens with one attached hydrogen (secondary N) is 1. The van der Waals surface area contributed by atoms with Gasteiger partial charge in [-0.3, -0.25) is 0 Å². The quantitative estimate of drug-likeness (QED) is 0.783. The van der Waals surface area contributed by atoms with Crippen molar-refractivity contribution in [3.05, 3.63) is 5.89 Å². The van der Waals surface area contributed by atoms with Gasteiger partial charge in [-0.15, -0.1) is 16.7 Å². The molecule has 1 heterocycles. The molecule has 1 aromatic rings. The molecule has 1 saturated carbocycles. The van der Waals surface area contributed by atoms with Crippen molar-refractivity contribution in [2.45, 2.75) is 30.7 Å². The van der Waals surface area contributed by atoms with Crippen LogP contribution in [-0.2, 0) is 10.6 Å². The fourth-order valence-electron chi connectivity index (χ4n) is 1.64. The summed E-state index contributed by atoms with van der Waals surface area (Å²) in [6.45, 7) is 0.702. The first-order chi connectivity index (χ1) is 7.28. The van der Waals surface area contributed by atoms with E-state index in [1.54, 1.807) is 7.11 Å². The molecule has 1 N–H and O–H groups in total. The van der Waals surface area contributed by atoms with Crippen LogP contribution in [0.2, 0.25) is 0 Å². The number of alkyl halides is 1. The number of hydrogen-bond donors (Lipinski definition) is 1. The topological polar surface area (TPSA) is 60.2 Å². The first kappa shape index (κ1) is 10.7. The van der Waals surface area contributed by atoms with Gasteiger partial charge in [0.15, 0.2) is 0 Å². The smallest absolute Gasteiger partial charge is 0.315 e. The van der Waals surface area contributed by atoms with Gasteiger partial charge in [0.2, 0.25) is 5.89 Å². The SMILES string of the molecule is COC1(CNc2nnc(CCl)o2)CCC1. The van der Waals surface area contributed by atoms with Gasteiger partial charge in [0.25, 0.3) is 0 Å². The number of anilines is 1. The second-order valence-electron chi connectivity index (χ2n) is 3.73. The van der Waals surface area contributed by atoms with E-state index >= 15 is 0 Å². The lowest BCUT2D eigenvalue weighted by Gasteiger charge is -2.40. The highest BCUT2D eigenvalue weighted by atomic mass is 35.5. The zero-order valence-electron chi connectivity index (χ0n) is 8.62. The highest BCUT2D eigenvalue weighted by Crippen LogP contribution is 2.34. The summed E-state index contributed by atoms with van der Waals surface area (Å²) in [4.78, 5) is 0. The second-order valence-corrected chi connectivity index (χ2v) is 4.00. The monoisotopic (exact) mass is 231 g/mol. The number of aromatic nitrogens is 2. The van der Waals surface area contributed by atoms with Crippen molar-refractivity contribution in [2.75, 3.05) is 19.0 Å². The maximum atomic E-state index is 5.55. The fraction of sp³-hybridized carbons (Fsp3) is 0.778. The fourth-order valence-corrected chi connectivity index (χ4v) is 1.75. The van der Waals surface area contributed by atoms with E-state index in [2.05, 4.69) is 15.5 Å². The van der Waals surface area contributed by atoms with Crippen molar-refractivity contribution >= 4 is 17.6 Å². The van der Waals surface area contributed by atoms with Crippen molar-refractivity contribution in [3.8, 4) is 0 Å². The van der Waals surface area contributed by atoms with Crippen molar-refractivity contribution in [2.24, 2.45) is 0 Å². The van der Waals surface area contributed by atoms with Gasteiger partial charge in [0.05, 0.1) is 5.60 Å². The van der Waals surface area contributed by atoms with Gasteiger partial charge in [-0.1, -0.05) is 5.10 Å². The van der Waals surface area contributed by atoms with E-state index in [0.717, 1.165) is 12.8 Å². The standard InChI is InChI=1S/C9H14ClN3O2/c1-14-9(3-2-4-9)6-11-8-13-12-7(5-10)15-8/h2-6H2,1H3,(H,11,13). The zero-order chi connectivity index (χ0) is 10.7. The van der Waals surface area contributed by atoms with Crippen LogP contribution in [0.1, 0.15) is 25.2 Å². The van der Waals surface area contributed by atoms with Crippen LogP contribution < -0.4 is 5.32 Å². The van der Waals surface area contributed by atoms with Gasteiger partial charge >= 0.3 is 6.01 Å². The van der Waals surface area contributed by atoms with Crippen LogP contribution in [0.4, 0.5) is 6.01 Å². The van der Waals surface area contributed by atoms with E-state index in [0.29, 0.717) is 18.5 Å². The first-order valence-corrected chi connectivity index (χ1v) is 5.49. The first-order valence-electron chi connectivity index (χ1n) is 4.95. The van der Waals surface area contributed by atoms with Crippen LogP contribution in [0.5, 0.6) is 0 Å². The maximum Gasteiger partial charge on any atom is 0.315 e. The summed E-state index contributed by atoms with van der Waals surface area (Å²) in [5.74, 6) is 0.670. The average molecular weight is 232 g/mol. The Hall–Kier alpha value is -0.810. The second kappa shape index (κ2) is 4.37. The Morgan fingerprint density at radius 1 is 1.53 bits per heavy atom. The number of rotatable bonds is 5. The third-order valence-corrected chi connectivity index (χ3v) is 3.07. The minimum absolute atomic E-state index is 0.0460. The third-order valence-electron chi connectivity index (χ3n) is 2.84. The molecule has 0 saturated heterocycles.